The van der Waals surface area contributed by atoms with Crippen molar-refractivity contribution in [2.75, 3.05) is 19.6 Å². The van der Waals surface area contributed by atoms with Gasteiger partial charge in [-0.2, -0.15) is 0 Å². The van der Waals surface area contributed by atoms with Crippen molar-refractivity contribution in [1.29, 1.82) is 0 Å². The monoisotopic (exact) mass is 432 g/mol. The van der Waals surface area contributed by atoms with Crippen LogP contribution in [-0.2, 0) is 16.0 Å². The lowest BCUT2D eigenvalue weighted by Gasteiger charge is -2.44. The standard InChI is InChI=1S/C22H28N2O3S2/c1-3-18(26)19-20(27)24-14(2)22(29-21(19)24)28-17-9-10-23(13-17)12-16(25)11-15-7-5-4-6-8-15/h4-8,17-19,21,26H,3,9-13H2,1-2H3/t17-,18-,19+,21+/m0/s1. The molecule has 0 aliphatic carbocycles. The van der Waals surface area contributed by atoms with E-state index in [1.54, 1.807) is 11.8 Å². The second-order valence-electron chi connectivity index (χ2n) is 8.06. The van der Waals surface area contributed by atoms with Gasteiger partial charge < -0.3 is 10.0 Å². The molecule has 0 unspecified atom stereocenters. The van der Waals surface area contributed by atoms with Crippen LogP contribution in [0.15, 0.2) is 40.3 Å². The van der Waals surface area contributed by atoms with Gasteiger partial charge in [0.1, 0.15) is 5.37 Å². The van der Waals surface area contributed by atoms with Crippen LogP contribution in [0.25, 0.3) is 0 Å². The number of thioether (sulfide) groups is 2. The molecule has 5 nitrogen and oxygen atoms in total. The van der Waals surface area contributed by atoms with E-state index in [1.807, 2.05) is 60.8 Å². The number of carbonyl (C=O) groups is 2. The van der Waals surface area contributed by atoms with E-state index in [4.69, 9.17) is 0 Å². The van der Waals surface area contributed by atoms with Crippen LogP contribution in [0.4, 0.5) is 0 Å². The molecule has 29 heavy (non-hydrogen) atoms. The van der Waals surface area contributed by atoms with Gasteiger partial charge in [-0.05, 0) is 31.9 Å². The Balaban J connectivity index is 1.28. The predicted molar refractivity (Wildman–Crippen MR) is 118 cm³/mol. The Hall–Kier alpha value is -1.28. The Labute approximate surface area is 180 Å². The maximum atomic E-state index is 12.4. The molecule has 0 spiro atoms. The number of hydrogen-bond donors (Lipinski definition) is 1. The van der Waals surface area contributed by atoms with E-state index in [9.17, 15) is 14.7 Å². The van der Waals surface area contributed by atoms with E-state index < -0.39 is 6.10 Å². The number of Topliss-reactive ketones (excluding diaryl/α,β-unsaturated/α-hetero) is 1. The number of amides is 1. The molecule has 3 aliphatic heterocycles. The van der Waals surface area contributed by atoms with E-state index in [-0.39, 0.29) is 23.0 Å². The van der Waals surface area contributed by atoms with E-state index >= 15 is 0 Å². The average Bonchev–Trinajstić information content (AvgIpc) is 3.24. The number of aliphatic hydroxyl groups is 1. The topological polar surface area (TPSA) is 60.9 Å². The fraction of sp³-hybridized carbons (Fsp3) is 0.545. The highest BCUT2D eigenvalue weighted by molar-refractivity contribution is 8.23. The number of β-lactam (4-membered cyclic amide) rings is 1. The van der Waals surface area contributed by atoms with Gasteiger partial charge in [0.15, 0.2) is 5.78 Å². The summed E-state index contributed by atoms with van der Waals surface area (Å²) in [7, 11) is 0. The highest BCUT2D eigenvalue weighted by atomic mass is 32.2. The number of hydrogen-bond acceptors (Lipinski definition) is 6. The van der Waals surface area contributed by atoms with Crippen LogP contribution in [0.5, 0.6) is 0 Å². The SMILES string of the molecule is CC[C@H](O)[C@@H]1C(=O)N2C(C)=C(S[C@H]3CCN(CC(=O)Cc4ccccc4)C3)S[C@H]12. The van der Waals surface area contributed by atoms with E-state index in [1.165, 1.54) is 4.24 Å². The van der Waals surface area contributed by atoms with Crippen molar-refractivity contribution in [1.82, 2.24) is 9.80 Å². The molecule has 0 saturated carbocycles. The van der Waals surface area contributed by atoms with Gasteiger partial charge in [0, 0.05) is 23.9 Å². The Morgan fingerprint density at radius 1 is 1.34 bits per heavy atom. The quantitative estimate of drug-likeness (QED) is 0.637. The number of rotatable bonds is 8. The molecular formula is C22H28N2O3S2. The third-order valence-electron chi connectivity index (χ3n) is 5.95. The predicted octanol–water partition coefficient (Wildman–Crippen LogP) is 3.10. The molecule has 1 amide bonds. The second-order valence-corrected chi connectivity index (χ2v) is 10.8. The van der Waals surface area contributed by atoms with Crippen molar-refractivity contribution >= 4 is 35.2 Å². The zero-order valence-corrected chi connectivity index (χ0v) is 18.5. The van der Waals surface area contributed by atoms with Crippen molar-refractivity contribution in [3.05, 3.63) is 45.8 Å². The molecule has 3 heterocycles. The lowest BCUT2D eigenvalue weighted by molar-refractivity contribution is -0.153. The summed E-state index contributed by atoms with van der Waals surface area (Å²) < 4.78 is 1.21. The number of benzene rings is 1. The molecule has 2 saturated heterocycles. The van der Waals surface area contributed by atoms with Crippen molar-refractivity contribution < 1.29 is 14.7 Å². The minimum absolute atomic E-state index is 0.0597. The molecule has 1 aromatic carbocycles. The largest absolute Gasteiger partial charge is 0.392 e. The molecule has 7 heteroatoms. The third-order valence-corrected chi connectivity index (χ3v) is 9.01. The number of allylic oxidation sites excluding steroid dienone is 1. The van der Waals surface area contributed by atoms with Crippen LogP contribution in [0.2, 0.25) is 0 Å². The van der Waals surface area contributed by atoms with Crippen LogP contribution >= 0.6 is 23.5 Å². The van der Waals surface area contributed by atoms with Crippen molar-refractivity contribution in [3.8, 4) is 0 Å². The number of nitrogens with zero attached hydrogens (tertiary/aromatic N) is 2. The zero-order valence-electron chi connectivity index (χ0n) is 16.9. The van der Waals surface area contributed by atoms with Gasteiger partial charge in [-0.1, -0.05) is 49.0 Å². The molecule has 0 radical (unpaired) electrons. The first-order valence-corrected chi connectivity index (χ1v) is 12.1. The van der Waals surface area contributed by atoms with Gasteiger partial charge in [-0.3, -0.25) is 14.5 Å². The zero-order chi connectivity index (χ0) is 20.5. The molecule has 0 aromatic heterocycles. The smallest absolute Gasteiger partial charge is 0.236 e. The van der Waals surface area contributed by atoms with E-state index in [0.29, 0.717) is 24.6 Å². The minimum Gasteiger partial charge on any atom is -0.392 e. The fourth-order valence-corrected chi connectivity index (χ4v) is 7.61. The maximum Gasteiger partial charge on any atom is 0.236 e. The van der Waals surface area contributed by atoms with Gasteiger partial charge >= 0.3 is 0 Å². The number of carbonyl (C=O) groups excluding carboxylic acids is 2. The molecule has 0 bridgehead atoms. The summed E-state index contributed by atoms with van der Waals surface area (Å²) in [6, 6.07) is 9.91. The van der Waals surface area contributed by atoms with Crippen LogP contribution in [0.3, 0.4) is 0 Å². The van der Waals surface area contributed by atoms with Crippen molar-refractivity contribution in [2.45, 2.75) is 49.8 Å². The van der Waals surface area contributed by atoms with Gasteiger partial charge in [-0.15, -0.1) is 11.8 Å². The summed E-state index contributed by atoms with van der Waals surface area (Å²) in [6.45, 7) is 6.29. The number of likely N-dealkylation sites (tertiary alicyclic amines) is 1. The Morgan fingerprint density at radius 3 is 2.83 bits per heavy atom. The van der Waals surface area contributed by atoms with Gasteiger partial charge in [-0.25, -0.2) is 0 Å². The number of ketones is 1. The van der Waals surface area contributed by atoms with Crippen LogP contribution < -0.4 is 0 Å². The minimum atomic E-state index is -0.550. The van der Waals surface area contributed by atoms with E-state index in [0.717, 1.165) is 30.8 Å². The van der Waals surface area contributed by atoms with Crippen LogP contribution in [0, 0.1) is 5.92 Å². The Kier molecular flexibility index (Phi) is 6.39. The molecule has 2 fully saturated rings. The van der Waals surface area contributed by atoms with Crippen molar-refractivity contribution in [3.63, 3.8) is 0 Å². The van der Waals surface area contributed by atoms with E-state index in [2.05, 4.69) is 4.90 Å². The maximum absolute atomic E-state index is 12.4. The first kappa shape index (κ1) is 21.0. The molecular weight excluding hydrogens is 404 g/mol. The lowest BCUT2D eigenvalue weighted by Crippen LogP contribution is -2.60. The van der Waals surface area contributed by atoms with Gasteiger partial charge in [0.25, 0.3) is 0 Å². The summed E-state index contributed by atoms with van der Waals surface area (Å²) in [4.78, 5) is 28.9. The Bertz CT molecular complexity index is 814. The summed E-state index contributed by atoms with van der Waals surface area (Å²) in [5.41, 5.74) is 2.11. The highest BCUT2D eigenvalue weighted by Gasteiger charge is 2.55. The number of aliphatic hydroxyl groups excluding tert-OH is 1. The third kappa shape index (κ3) is 4.29. The molecule has 3 aliphatic rings. The summed E-state index contributed by atoms with van der Waals surface area (Å²) in [5.74, 6) is 0.0527. The first-order chi connectivity index (χ1) is 14.0. The molecule has 4 rings (SSSR count). The summed E-state index contributed by atoms with van der Waals surface area (Å²) >= 11 is 3.57. The molecule has 4 atom stereocenters. The first-order valence-electron chi connectivity index (χ1n) is 10.3. The van der Waals surface area contributed by atoms with Crippen LogP contribution in [0.1, 0.15) is 32.3 Å². The normalized spacial score (nSPS) is 27.9. The highest BCUT2D eigenvalue weighted by Crippen LogP contribution is 2.55. The lowest BCUT2D eigenvalue weighted by atomic mass is 9.90. The van der Waals surface area contributed by atoms with Crippen LogP contribution in [-0.4, -0.2) is 63.0 Å². The van der Waals surface area contributed by atoms with Gasteiger partial charge in [0.05, 0.1) is 22.8 Å². The number of fused-ring (bicyclic) bond motifs is 1. The summed E-state index contributed by atoms with van der Waals surface area (Å²) in [6.07, 6.45) is 1.61. The fourth-order valence-electron chi connectivity index (χ4n) is 4.30. The molecule has 1 aromatic rings. The molecule has 1 N–H and O–H groups in total. The average molecular weight is 433 g/mol. The molecule has 156 valence electrons. The second kappa shape index (κ2) is 8.84. The van der Waals surface area contributed by atoms with Gasteiger partial charge in [0.2, 0.25) is 5.91 Å². The summed E-state index contributed by atoms with van der Waals surface area (Å²) in [5, 5.41) is 10.7. The van der Waals surface area contributed by atoms with Crippen molar-refractivity contribution in [2.24, 2.45) is 5.92 Å². The Morgan fingerprint density at radius 2 is 2.10 bits per heavy atom.